The van der Waals surface area contributed by atoms with Crippen molar-refractivity contribution in [1.82, 2.24) is 9.97 Å². The second kappa shape index (κ2) is 8.51. The van der Waals surface area contributed by atoms with Gasteiger partial charge < -0.3 is 9.64 Å². The summed E-state index contributed by atoms with van der Waals surface area (Å²) in [6, 6.07) is 16.6. The van der Waals surface area contributed by atoms with E-state index < -0.39 is 11.7 Å². The quantitative estimate of drug-likeness (QED) is 0.510. The Balaban J connectivity index is 1.94. The summed E-state index contributed by atoms with van der Waals surface area (Å²) in [4.78, 5) is 9.25. The fraction of sp³-hybridized carbons (Fsp3) is 0.273. The molecular formula is C22H22F3N3O. The van der Waals surface area contributed by atoms with Crippen LogP contribution in [0, 0.1) is 0 Å². The fourth-order valence-electron chi connectivity index (χ4n) is 2.82. The van der Waals surface area contributed by atoms with Crippen molar-refractivity contribution in [2.24, 2.45) is 0 Å². The van der Waals surface area contributed by atoms with E-state index in [-0.39, 0.29) is 24.4 Å². The van der Waals surface area contributed by atoms with E-state index in [0.29, 0.717) is 5.69 Å². The van der Waals surface area contributed by atoms with Gasteiger partial charge in [0.2, 0.25) is 0 Å². The number of anilines is 2. The van der Waals surface area contributed by atoms with E-state index in [1.54, 1.807) is 13.1 Å². The highest BCUT2D eigenvalue weighted by molar-refractivity contribution is 5.63. The van der Waals surface area contributed by atoms with Crippen molar-refractivity contribution in [1.29, 1.82) is 0 Å². The van der Waals surface area contributed by atoms with E-state index in [9.17, 15) is 13.2 Å². The molecule has 0 aliphatic rings. The minimum Gasteiger partial charge on any atom is -0.459 e. The lowest BCUT2D eigenvalue weighted by Gasteiger charge is -2.23. The van der Waals surface area contributed by atoms with Gasteiger partial charge in [0.05, 0.1) is 0 Å². The monoisotopic (exact) mass is 401 g/mol. The topological polar surface area (TPSA) is 38.2 Å². The van der Waals surface area contributed by atoms with Gasteiger partial charge >= 0.3 is 12.2 Å². The van der Waals surface area contributed by atoms with Gasteiger partial charge in [-0.1, -0.05) is 56.3 Å². The molecule has 4 nitrogen and oxygen atoms in total. The molecule has 0 aliphatic heterocycles. The smallest absolute Gasteiger partial charge is 0.421 e. The third kappa shape index (κ3) is 5.04. The second-order valence-electron chi connectivity index (χ2n) is 6.97. The minimum absolute atomic E-state index is 0.108. The Morgan fingerprint density at radius 2 is 1.76 bits per heavy atom. The second-order valence-corrected chi connectivity index (χ2v) is 6.97. The number of ether oxygens (including phenoxy) is 1. The molecule has 2 aromatic carbocycles. The van der Waals surface area contributed by atoms with Crippen LogP contribution >= 0.6 is 0 Å². The average Bonchev–Trinajstić information content (AvgIpc) is 2.71. The Morgan fingerprint density at radius 1 is 1.03 bits per heavy atom. The zero-order chi connectivity index (χ0) is 21.0. The molecule has 1 heterocycles. The summed E-state index contributed by atoms with van der Waals surface area (Å²) in [6.07, 6.45) is -3.82. The van der Waals surface area contributed by atoms with Gasteiger partial charge in [-0.05, 0) is 29.2 Å². The number of aromatic nitrogens is 2. The molecule has 3 rings (SSSR count). The van der Waals surface area contributed by atoms with Crippen LogP contribution in [0.5, 0.6) is 6.01 Å². The lowest BCUT2D eigenvalue weighted by Crippen LogP contribution is -2.19. The molecule has 0 amide bonds. The molecule has 152 valence electrons. The number of hydrogen-bond donors (Lipinski definition) is 0. The van der Waals surface area contributed by atoms with Crippen molar-refractivity contribution in [2.45, 2.75) is 32.5 Å². The van der Waals surface area contributed by atoms with Gasteiger partial charge in [0.15, 0.2) is 5.82 Å². The van der Waals surface area contributed by atoms with Crippen molar-refractivity contribution in [3.05, 3.63) is 77.5 Å². The Hall–Kier alpha value is -3.09. The lowest BCUT2D eigenvalue weighted by molar-refractivity contribution is -0.137. The molecule has 0 aliphatic carbocycles. The Labute approximate surface area is 168 Å². The van der Waals surface area contributed by atoms with Gasteiger partial charge in [-0.3, -0.25) is 0 Å². The van der Waals surface area contributed by atoms with Gasteiger partial charge in [-0.2, -0.15) is 18.2 Å². The third-order valence-corrected chi connectivity index (χ3v) is 4.50. The van der Waals surface area contributed by atoms with Crippen LogP contribution < -0.4 is 9.64 Å². The highest BCUT2D eigenvalue weighted by Crippen LogP contribution is 2.38. The molecule has 0 atom stereocenters. The molecule has 0 unspecified atom stereocenters. The summed E-state index contributed by atoms with van der Waals surface area (Å²) < 4.78 is 46.2. The van der Waals surface area contributed by atoms with Crippen molar-refractivity contribution in [2.75, 3.05) is 11.9 Å². The van der Waals surface area contributed by atoms with Crippen LogP contribution in [-0.2, 0) is 12.8 Å². The Bertz CT molecular complexity index is 959. The molecule has 1 aromatic heterocycles. The maximum atomic E-state index is 13.6. The number of nitrogens with zero attached hydrogens (tertiary/aromatic N) is 3. The maximum absolute atomic E-state index is 13.6. The molecular weight excluding hydrogens is 379 g/mol. The van der Waals surface area contributed by atoms with Crippen molar-refractivity contribution in [3.63, 3.8) is 0 Å². The number of halogens is 3. The fourth-order valence-corrected chi connectivity index (χ4v) is 2.82. The van der Waals surface area contributed by atoms with E-state index in [1.807, 2.05) is 62.4 Å². The van der Waals surface area contributed by atoms with Gasteiger partial charge in [0, 0.05) is 18.9 Å². The summed E-state index contributed by atoms with van der Waals surface area (Å²) in [7, 11) is 1.55. The number of alkyl halides is 3. The predicted octanol–water partition coefficient (Wildman–Crippen LogP) is 5.97. The number of benzene rings is 2. The highest BCUT2D eigenvalue weighted by Gasteiger charge is 2.36. The van der Waals surface area contributed by atoms with Crippen LogP contribution in [0.15, 0.2) is 60.8 Å². The molecule has 0 saturated carbocycles. The van der Waals surface area contributed by atoms with Crippen molar-refractivity contribution >= 4 is 11.5 Å². The van der Waals surface area contributed by atoms with Crippen LogP contribution in [-0.4, -0.2) is 17.0 Å². The van der Waals surface area contributed by atoms with Gasteiger partial charge in [-0.25, -0.2) is 4.98 Å². The number of hydrogen-bond acceptors (Lipinski definition) is 4. The minimum atomic E-state index is -4.59. The average molecular weight is 401 g/mol. The van der Waals surface area contributed by atoms with Crippen LogP contribution in [0.3, 0.4) is 0 Å². The maximum Gasteiger partial charge on any atom is 0.421 e. The first kappa shape index (κ1) is 20.6. The zero-order valence-electron chi connectivity index (χ0n) is 16.4. The Morgan fingerprint density at radius 3 is 2.41 bits per heavy atom. The van der Waals surface area contributed by atoms with Gasteiger partial charge in [0.25, 0.3) is 0 Å². The molecule has 0 N–H and O–H groups in total. The van der Waals surface area contributed by atoms with Crippen LogP contribution in [0.2, 0.25) is 0 Å². The van der Waals surface area contributed by atoms with Crippen LogP contribution in [0.4, 0.5) is 24.7 Å². The van der Waals surface area contributed by atoms with E-state index in [1.165, 1.54) is 4.90 Å². The number of rotatable bonds is 6. The van der Waals surface area contributed by atoms with Gasteiger partial charge in [0.1, 0.15) is 12.2 Å². The first-order valence-electron chi connectivity index (χ1n) is 9.20. The lowest BCUT2D eigenvalue weighted by atomic mass is 10.0. The standard InChI is InChI=1S/C22H22F3N3O/c1-15(2)17-10-7-11-18(12-17)28(3)20-19(22(23,24)25)13-26-21(27-20)29-14-16-8-5-4-6-9-16/h4-13,15H,14H2,1-3H3. The Kier molecular flexibility index (Phi) is 6.06. The van der Waals surface area contributed by atoms with E-state index in [2.05, 4.69) is 9.97 Å². The third-order valence-electron chi connectivity index (χ3n) is 4.50. The van der Waals surface area contributed by atoms with Crippen LogP contribution in [0.25, 0.3) is 0 Å². The SMILES string of the molecule is CC(C)c1cccc(N(C)c2nc(OCc3ccccc3)ncc2C(F)(F)F)c1. The van der Waals surface area contributed by atoms with E-state index in [0.717, 1.165) is 17.3 Å². The van der Waals surface area contributed by atoms with E-state index >= 15 is 0 Å². The normalized spacial score (nSPS) is 11.6. The summed E-state index contributed by atoms with van der Waals surface area (Å²) in [6.45, 7) is 4.22. The predicted molar refractivity (Wildman–Crippen MR) is 106 cm³/mol. The highest BCUT2D eigenvalue weighted by atomic mass is 19.4. The molecule has 0 spiro atoms. The van der Waals surface area contributed by atoms with Crippen molar-refractivity contribution in [3.8, 4) is 6.01 Å². The largest absolute Gasteiger partial charge is 0.459 e. The summed E-state index contributed by atoms with van der Waals surface area (Å²) >= 11 is 0. The molecule has 0 fully saturated rings. The summed E-state index contributed by atoms with van der Waals surface area (Å²) in [5, 5.41) is 0. The molecule has 7 heteroatoms. The molecule has 29 heavy (non-hydrogen) atoms. The molecule has 0 radical (unpaired) electrons. The molecule has 3 aromatic rings. The van der Waals surface area contributed by atoms with Gasteiger partial charge in [-0.15, -0.1) is 0 Å². The first-order chi connectivity index (χ1) is 13.8. The molecule has 0 saturated heterocycles. The summed E-state index contributed by atoms with van der Waals surface area (Å²) in [5.41, 5.74) is 1.59. The zero-order valence-corrected chi connectivity index (χ0v) is 16.4. The van der Waals surface area contributed by atoms with Crippen LogP contribution in [0.1, 0.15) is 36.5 Å². The summed E-state index contributed by atoms with van der Waals surface area (Å²) in [5.74, 6) is -0.00271. The molecule has 0 bridgehead atoms. The first-order valence-corrected chi connectivity index (χ1v) is 9.20. The van der Waals surface area contributed by atoms with E-state index in [4.69, 9.17) is 4.74 Å². The van der Waals surface area contributed by atoms with Crippen molar-refractivity contribution < 1.29 is 17.9 Å².